The molecule has 8 rings (SSSR count). The van der Waals surface area contributed by atoms with Gasteiger partial charge in [0.05, 0.1) is 0 Å². The van der Waals surface area contributed by atoms with Crippen molar-refractivity contribution in [1.29, 1.82) is 0 Å². The predicted molar refractivity (Wildman–Crippen MR) is 159 cm³/mol. The van der Waals surface area contributed by atoms with Gasteiger partial charge in [-0.15, -0.1) is 0 Å². The lowest BCUT2D eigenvalue weighted by atomic mass is 9.94. The quantitative estimate of drug-likeness (QED) is 0.189. The van der Waals surface area contributed by atoms with Crippen LogP contribution < -0.4 is 10.4 Å². The Morgan fingerprint density at radius 1 is 0.378 bits per heavy atom. The van der Waals surface area contributed by atoms with Crippen LogP contribution in [0.1, 0.15) is 0 Å². The molecule has 0 aliphatic carbocycles. The van der Waals surface area contributed by atoms with Crippen LogP contribution in [0.2, 0.25) is 0 Å². The van der Waals surface area contributed by atoms with E-state index >= 15 is 0 Å². The highest BCUT2D eigenvalue weighted by Crippen LogP contribution is 2.37. The molecule has 0 saturated heterocycles. The average Bonchev–Trinajstić information content (AvgIpc) is 2.96. The van der Waals surface area contributed by atoms with E-state index in [-0.39, 0.29) is 0 Å². The molecule has 3 heteroatoms. The summed E-state index contributed by atoms with van der Waals surface area (Å²) in [6.07, 6.45) is 0. The maximum absolute atomic E-state index is 6.56. The summed E-state index contributed by atoms with van der Waals surface area (Å²) < 4.78 is 13.1. The van der Waals surface area contributed by atoms with Crippen molar-refractivity contribution < 1.29 is 8.85 Å². The fraction of sp³-hybridized carbons (Fsp3) is 0.0588. The Morgan fingerprint density at radius 2 is 0.703 bits per heavy atom. The number of benzene rings is 8. The van der Waals surface area contributed by atoms with Crippen molar-refractivity contribution in [3.8, 4) is 0 Å². The zero-order valence-corrected chi connectivity index (χ0v) is 21.7. The zero-order chi connectivity index (χ0) is 24.7. The van der Waals surface area contributed by atoms with Gasteiger partial charge in [-0.3, -0.25) is 0 Å². The largest absolute Gasteiger partial charge is 0.407 e. The van der Waals surface area contributed by atoms with Crippen LogP contribution in [0.15, 0.2) is 109 Å². The van der Waals surface area contributed by atoms with Crippen LogP contribution in [0, 0.1) is 0 Å². The van der Waals surface area contributed by atoms with E-state index in [0.29, 0.717) is 0 Å². The normalized spacial score (nSPS) is 12.8. The second-order valence-electron chi connectivity index (χ2n) is 9.96. The molecule has 0 aliphatic heterocycles. The van der Waals surface area contributed by atoms with Crippen LogP contribution in [-0.4, -0.2) is 22.8 Å². The Kier molecular flexibility index (Phi) is 4.27. The maximum atomic E-state index is 6.56. The summed E-state index contributed by atoms with van der Waals surface area (Å²) in [4.78, 5) is 0. The lowest BCUT2D eigenvalue weighted by Crippen LogP contribution is -2.62. The van der Waals surface area contributed by atoms with Gasteiger partial charge in [0.2, 0.25) is 0 Å². The van der Waals surface area contributed by atoms with Crippen molar-refractivity contribution >= 4 is 83.6 Å². The van der Waals surface area contributed by atoms with Crippen molar-refractivity contribution in [2.75, 3.05) is 14.2 Å². The third-order valence-electron chi connectivity index (χ3n) is 8.34. The van der Waals surface area contributed by atoms with E-state index in [1.165, 1.54) is 64.6 Å². The van der Waals surface area contributed by atoms with Gasteiger partial charge in [-0.2, -0.15) is 0 Å². The molecule has 176 valence electrons. The Labute approximate surface area is 215 Å². The molecular weight excluding hydrogens is 468 g/mol. The molecule has 0 heterocycles. The topological polar surface area (TPSA) is 18.5 Å². The summed E-state index contributed by atoms with van der Waals surface area (Å²) in [5.41, 5.74) is 0. The Morgan fingerprint density at radius 3 is 1.08 bits per heavy atom. The van der Waals surface area contributed by atoms with Gasteiger partial charge in [0, 0.05) is 24.6 Å². The molecule has 8 aromatic rings. The average molecular weight is 493 g/mol. The molecule has 0 saturated carbocycles. The number of hydrogen-bond acceptors (Lipinski definition) is 2. The van der Waals surface area contributed by atoms with Crippen LogP contribution in [0.3, 0.4) is 0 Å². The first kappa shape index (κ1) is 21.1. The van der Waals surface area contributed by atoms with Crippen LogP contribution in [0.25, 0.3) is 64.6 Å². The minimum atomic E-state index is -3.08. The molecule has 0 atom stereocenters. The Bertz CT molecular complexity index is 1940. The van der Waals surface area contributed by atoms with E-state index in [1.807, 2.05) is 14.2 Å². The van der Waals surface area contributed by atoms with Gasteiger partial charge >= 0.3 is 8.56 Å². The van der Waals surface area contributed by atoms with Crippen molar-refractivity contribution in [3.63, 3.8) is 0 Å². The van der Waals surface area contributed by atoms with Crippen LogP contribution in [-0.2, 0) is 8.85 Å². The van der Waals surface area contributed by atoms with Gasteiger partial charge in [0.15, 0.2) is 0 Å². The van der Waals surface area contributed by atoms with E-state index in [0.717, 1.165) is 10.4 Å². The van der Waals surface area contributed by atoms with E-state index in [9.17, 15) is 0 Å². The highest BCUT2D eigenvalue weighted by molar-refractivity contribution is 6.95. The standard InChI is InChI=1S/C34H24O2Si/c1-35-37(36-2,29-19-15-25-11-9-21-5-3-7-23-13-17-27(29)33(25)31(21)23)30-20-16-26-12-10-22-6-4-8-24-14-18-28(30)34(26)32(22)24/h3-20H,1-2H3. The second-order valence-corrected chi connectivity index (χ2v) is 13.1. The molecule has 0 bridgehead atoms. The molecule has 8 aromatic carbocycles. The van der Waals surface area contributed by atoms with Gasteiger partial charge < -0.3 is 8.85 Å². The second kappa shape index (κ2) is 7.50. The Balaban J connectivity index is 1.51. The first-order chi connectivity index (χ1) is 18.2. The summed E-state index contributed by atoms with van der Waals surface area (Å²) in [7, 11) is 0.543. The smallest absolute Gasteiger partial charge is 0.391 e. The van der Waals surface area contributed by atoms with Crippen LogP contribution in [0.5, 0.6) is 0 Å². The monoisotopic (exact) mass is 492 g/mol. The van der Waals surface area contributed by atoms with E-state index in [1.54, 1.807) is 0 Å². The van der Waals surface area contributed by atoms with Crippen molar-refractivity contribution in [2.45, 2.75) is 0 Å². The molecule has 0 aromatic heterocycles. The molecule has 0 unspecified atom stereocenters. The molecule has 0 fully saturated rings. The molecule has 0 N–H and O–H groups in total. The van der Waals surface area contributed by atoms with Crippen molar-refractivity contribution in [2.24, 2.45) is 0 Å². The zero-order valence-electron chi connectivity index (χ0n) is 20.7. The minimum absolute atomic E-state index is 1.15. The van der Waals surface area contributed by atoms with Crippen molar-refractivity contribution in [3.05, 3.63) is 109 Å². The summed E-state index contributed by atoms with van der Waals surface area (Å²) in [5.74, 6) is 0. The highest BCUT2D eigenvalue weighted by atomic mass is 28.4. The molecule has 2 nitrogen and oxygen atoms in total. The molecule has 37 heavy (non-hydrogen) atoms. The summed E-state index contributed by atoms with van der Waals surface area (Å²) in [5, 5.41) is 17.5. The molecular formula is C34H24O2Si. The first-order valence-electron chi connectivity index (χ1n) is 12.7. The number of hydrogen-bond donors (Lipinski definition) is 0. The van der Waals surface area contributed by atoms with E-state index < -0.39 is 8.56 Å². The fourth-order valence-corrected chi connectivity index (χ4v) is 9.78. The highest BCUT2D eigenvalue weighted by Gasteiger charge is 2.44. The van der Waals surface area contributed by atoms with E-state index in [2.05, 4.69) is 109 Å². The SMILES string of the molecule is CO[Si](OC)(c1ccc2ccc3cccc4ccc1c2c34)c1ccc2ccc3cccc4ccc1c2c34. The summed E-state index contributed by atoms with van der Waals surface area (Å²) in [6, 6.07) is 39.9. The summed E-state index contributed by atoms with van der Waals surface area (Å²) >= 11 is 0. The Hall–Kier alpha value is -4.02. The molecule has 0 aliphatic rings. The van der Waals surface area contributed by atoms with Gasteiger partial charge in [-0.1, -0.05) is 109 Å². The van der Waals surface area contributed by atoms with Gasteiger partial charge in [-0.05, 0) is 64.6 Å². The van der Waals surface area contributed by atoms with Crippen LogP contribution >= 0.6 is 0 Å². The fourth-order valence-electron chi connectivity index (χ4n) is 6.71. The number of rotatable bonds is 4. The first-order valence-corrected chi connectivity index (χ1v) is 14.5. The predicted octanol–water partition coefficient (Wildman–Crippen LogP) is 7.33. The third-order valence-corrected chi connectivity index (χ3v) is 11.8. The van der Waals surface area contributed by atoms with Crippen LogP contribution in [0.4, 0.5) is 0 Å². The minimum Gasteiger partial charge on any atom is -0.391 e. The van der Waals surface area contributed by atoms with Gasteiger partial charge in [0.1, 0.15) is 0 Å². The van der Waals surface area contributed by atoms with E-state index in [4.69, 9.17) is 8.85 Å². The molecule has 0 spiro atoms. The van der Waals surface area contributed by atoms with Gasteiger partial charge in [-0.25, -0.2) is 0 Å². The third kappa shape index (κ3) is 2.66. The molecule has 0 amide bonds. The van der Waals surface area contributed by atoms with Crippen molar-refractivity contribution in [1.82, 2.24) is 0 Å². The summed E-state index contributed by atoms with van der Waals surface area (Å²) in [6.45, 7) is 0. The lowest BCUT2D eigenvalue weighted by molar-refractivity contribution is 0.273. The maximum Gasteiger partial charge on any atom is 0.407 e. The molecule has 0 radical (unpaired) electrons. The lowest BCUT2D eigenvalue weighted by Gasteiger charge is -2.31. The van der Waals surface area contributed by atoms with Gasteiger partial charge in [0.25, 0.3) is 0 Å².